The summed E-state index contributed by atoms with van der Waals surface area (Å²) in [5.41, 5.74) is 4.92. The SMILES string of the molecule is Oc1ccc(CCNOCc2ccccc2)cc1O. The topological polar surface area (TPSA) is 61.7 Å². The first kappa shape index (κ1) is 13.4. The van der Waals surface area contributed by atoms with Crippen molar-refractivity contribution in [1.29, 1.82) is 0 Å². The van der Waals surface area contributed by atoms with Gasteiger partial charge in [0.25, 0.3) is 0 Å². The van der Waals surface area contributed by atoms with Crippen molar-refractivity contribution in [2.75, 3.05) is 6.54 Å². The number of rotatable bonds is 6. The molecule has 4 nitrogen and oxygen atoms in total. The predicted molar refractivity (Wildman–Crippen MR) is 72.7 cm³/mol. The number of hydrogen-bond donors (Lipinski definition) is 3. The molecule has 3 N–H and O–H groups in total. The molecule has 2 aromatic rings. The fourth-order valence-corrected chi connectivity index (χ4v) is 1.70. The minimum Gasteiger partial charge on any atom is -0.504 e. The maximum atomic E-state index is 9.35. The first-order valence-corrected chi connectivity index (χ1v) is 6.15. The quantitative estimate of drug-likeness (QED) is 0.423. The highest BCUT2D eigenvalue weighted by atomic mass is 16.6. The van der Waals surface area contributed by atoms with Crippen molar-refractivity contribution < 1.29 is 15.1 Å². The highest BCUT2D eigenvalue weighted by Crippen LogP contribution is 2.24. The number of benzene rings is 2. The molecule has 0 aliphatic carbocycles. The number of phenols is 2. The van der Waals surface area contributed by atoms with E-state index in [1.165, 1.54) is 6.07 Å². The summed E-state index contributed by atoms with van der Waals surface area (Å²) in [6.07, 6.45) is 0.711. The Kier molecular flexibility index (Phi) is 4.78. The fraction of sp³-hybridized carbons (Fsp3) is 0.200. The molecule has 100 valence electrons. The van der Waals surface area contributed by atoms with E-state index in [2.05, 4.69) is 5.48 Å². The number of hydroxylamine groups is 1. The highest BCUT2D eigenvalue weighted by Gasteiger charge is 2.00. The van der Waals surface area contributed by atoms with E-state index in [1.807, 2.05) is 30.3 Å². The molecular formula is C15H17NO3. The van der Waals surface area contributed by atoms with E-state index in [0.717, 1.165) is 11.1 Å². The van der Waals surface area contributed by atoms with Gasteiger partial charge in [-0.15, -0.1) is 0 Å². The molecule has 19 heavy (non-hydrogen) atoms. The van der Waals surface area contributed by atoms with Crippen LogP contribution in [0.5, 0.6) is 11.5 Å². The molecule has 0 unspecified atom stereocenters. The lowest BCUT2D eigenvalue weighted by molar-refractivity contribution is 0.0288. The van der Waals surface area contributed by atoms with Gasteiger partial charge in [-0.05, 0) is 29.7 Å². The van der Waals surface area contributed by atoms with Crippen molar-refractivity contribution in [3.05, 3.63) is 59.7 Å². The van der Waals surface area contributed by atoms with Crippen molar-refractivity contribution in [2.45, 2.75) is 13.0 Å². The van der Waals surface area contributed by atoms with Gasteiger partial charge in [0.2, 0.25) is 0 Å². The molecule has 4 heteroatoms. The maximum absolute atomic E-state index is 9.35. The molecule has 2 aromatic carbocycles. The third-order valence-electron chi connectivity index (χ3n) is 2.74. The number of phenolic OH excluding ortho intramolecular Hbond substituents is 2. The van der Waals surface area contributed by atoms with Crippen molar-refractivity contribution in [2.24, 2.45) is 0 Å². The molecule has 0 spiro atoms. The van der Waals surface area contributed by atoms with Gasteiger partial charge < -0.3 is 10.2 Å². The van der Waals surface area contributed by atoms with Gasteiger partial charge in [0.1, 0.15) is 0 Å². The molecule has 0 fully saturated rings. The summed E-state index contributed by atoms with van der Waals surface area (Å²) in [7, 11) is 0. The van der Waals surface area contributed by atoms with Gasteiger partial charge in [-0.1, -0.05) is 36.4 Å². The fourth-order valence-electron chi connectivity index (χ4n) is 1.70. The predicted octanol–water partition coefficient (Wildman–Crippen LogP) is 2.36. The smallest absolute Gasteiger partial charge is 0.157 e. The normalized spacial score (nSPS) is 10.5. The minimum absolute atomic E-state index is 0.0947. The average molecular weight is 259 g/mol. The number of hydrogen-bond acceptors (Lipinski definition) is 4. The third-order valence-corrected chi connectivity index (χ3v) is 2.74. The molecule has 2 rings (SSSR count). The highest BCUT2D eigenvalue weighted by molar-refractivity contribution is 5.40. The first-order chi connectivity index (χ1) is 9.25. The van der Waals surface area contributed by atoms with Crippen LogP contribution in [-0.2, 0) is 17.9 Å². The van der Waals surface area contributed by atoms with Crippen LogP contribution in [0.15, 0.2) is 48.5 Å². The molecule has 0 saturated heterocycles. The Morgan fingerprint density at radius 2 is 1.68 bits per heavy atom. The van der Waals surface area contributed by atoms with E-state index < -0.39 is 0 Å². The van der Waals surface area contributed by atoms with E-state index >= 15 is 0 Å². The summed E-state index contributed by atoms with van der Waals surface area (Å²) in [6.45, 7) is 1.15. The van der Waals surface area contributed by atoms with Crippen LogP contribution in [0.1, 0.15) is 11.1 Å². The summed E-state index contributed by atoms with van der Waals surface area (Å²) in [4.78, 5) is 5.33. The van der Waals surface area contributed by atoms with Crippen molar-refractivity contribution in [3.63, 3.8) is 0 Å². The average Bonchev–Trinajstić information content (AvgIpc) is 2.43. The molecule has 0 atom stereocenters. The molecule has 0 aliphatic heterocycles. The lowest BCUT2D eigenvalue weighted by Gasteiger charge is -2.07. The van der Waals surface area contributed by atoms with Crippen molar-refractivity contribution >= 4 is 0 Å². The second kappa shape index (κ2) is 6.78. The second-order valence-corrected chi connectivity index (χ2v) is 4.24. The van der Waals surface area contributed by atoms with Crippen LogP contribution < -0.4 is 5.48 Å². The van der Waals surface area contributed by atoms with E-state index in [-0.39, 0.29) is 11.5 Å². The Hall–Kier alpha value is -2.04. The van der Waals surface area contributed by atoms with Crippen LogP contribution in [0.3, 0.4) is 0 Å². The molecular weight excluding hydrogens is 242 g/mol. The van der Waals surface area contributed by atoms with Gasteiger partial charge in [0.05, 0.1) is 6.61 Å². The van der Waals surface area contributed by atoms with Crippen LogP contribution in [0.25, 0.3) is 0 Å². The van der Waals surface area contributed by atoms with Crippen LogP contribution in [-0.4, -0.2) is 16.8 Å². The zero-order valence-electron chi connectivity index (χ0n) is 10.5. The molecule has 0 aliphatic rings. The monoisotopic (exact) mass is 259 g/mol. The standard InChI is InChI=1S/C15H17NO3/c17-14-7-6-12(10-15(14)18)8-9-16-19-11-13-4-2-1-3-5-13/h1-7,10,16-18H,8-9,11H2. The first-order valence-electron chi connectivity index (χ1n) is 6.15. The molecule has 0 heterocycles. The minimum atomic E-state index is -0.1000. The number of aromatic hydroxyl groups is 2. The Balaban J connectivity index is 1.68. The van der Waals surface area contributed by atoms with Crippen molar-refractivity contribution in [3.8, 4) is 11.5 Å². The molecule has 0 amide bonds. The zero-order valence-corrected chi connectivity index (χ0v) is 10.5. The van der Waals surface area contributed by atoms with E-state index in [1.54, 1.807) is 12.1 Å². The van der Waals surface area contributed by atoms with Crippen LogP contribution >= 0.6 is 0 Å². The summed E-state index contributed by atoms with van der Waals surface area (Å²) in [6, 6.07) is 14.7. The summed E-state index contributed by atoms with van der Waals surface area (Å²) in [5, 5.41) is 18.5. The van der Waals surface area contributed by atoms with Crippen LogP contribution in [0.4, 0.5) is 0 Å². The molecule has 0 radical (unpaired) electrons. The van der Waals surface area contributed by atoms with Gasteiger partial charge in [0, 0.05) is 6.54 Å². The maximum Gasteiger partial charge on any atom is 0.157 e. The summed E-state index contributed by atoms with van der Waals surface area (Å²) >= 11 is 0. The van der Waals surface area contributed by atoms with Gasteiger partial charge >= 0.3 is 0 Å². The van der Waals surface area contributed by atoms with Gasteiger partial charge in [-0.25, -0.2) is 5.48 Å². The van der Waals surface area contributed by atoms with Gasteiger partial charge in [-0.2, -0.15) is 0 Å². The Morgan fingerprint density at radius 1 is 0.895 bits per heavy atom. The van der Waals surface area contributed by atoms with E-state index in [9.17, 15) is 10.2 Å². The lowest BCUT2D eigenvalue weighted by Crippen LogP contribution is -2.17. The zero-order chi connectivity index (χ0) is 13.5. The van der Waals surface area contributed by atoms with E-state index in [4.69, 9.17) is 4.84 Å². The summed E-state index contributed by atoms with van der Waals surface area (Å²) in [5.74, 6) is -0.195. The third kappa shape index (κ3) is 4.28. The van der Waals surface area contributed by atoms with Gasteiger partial charge in [0.15, 0.2) is 11.5 Å². The lowest BCUT2D eigenvalue weighted by atomic mass is 10.1. The molecule has 0 aromatic heterocycles. The largest absolute Gasteiger partial charge is 0.504 e. The van der Waals surface area contributed by atoms with Crippen LogP contribution in [0.2, 0.25) is 0 Å². The van der Waals surface area contributed by atoms with Crippen molar-refractivity contribution in [1.82, 2.24) is 5.48 Å². The second-order valence-electron chi connectivity index (χ2n) is 4.24. The van der Waals surface area contributed by atoms with Gasteiger partial charge in [-0.3, -0.25) is 4.84 Å². The van der Waals surface area contributed by atoms with Crippen LogP contribution in [0, 0.1) is 0 Å². The molecule has 0 bridgehead atoms. The van der Waals surface area contributed by atoms with E-state index in [0.29, 0.717) is 19.6 Å². The Labute approximate surface area is 112 Å². The molecule has 0 saturated carbocycles. The summed E-state index contributed by atoms with van der Waals surface area (Å²) < 4.78 is 0. The Morgan fingerprint density at radius 3 is 2.42 bits per heavy atom. The number of nitrogens with one attached hydrogen (secondary N) is 1. The Bertz CT molecular complexity index is 514.